The quantitative estimate of drug-likeness (QED) is 0.697. The second-order valence-electron chi connectivity index (χ2n) is 4.25. The molecule has 0 saturated heterocycles. The average Bonchev–Trinajstić information content (AvgIpc) is 2.37. The zero-order valence-electron chi connectivity index (χ0n) is 9.95. The highest BCUT2D eigenvalue weighted by atomic mass is 16.4. The molecule has 3 nitrogen and oxygen atoms in total. The van der Waals surface area contributed by atoms with Crippen molar-refractivity contribution in [2.45, 2.75) is 12.8 Å². The van der Waals surface area contributed by atoms with Crippen molar-refractivity contribution in [1.29, 1.82) is 0 Å². The molecule has 0 bridgehead atoms. The van der Waals surface area contributed by atoms with Crippen LogP contribution in [-0.2, 0) is 12.8 Å². The molecule has 0 heterocycles. The Kier molecular flexibility index (Phi) is 4.02. The number of benzene rings is 2. The molecule has 0 aliphatic carbocycles. The number of hydrogen-bond donors (Lipinski definition) is 3. The summed E-state index contributed by atoms with van der Waals surface area (Å²) in [5, 5.41) is 27.6. The van der Waals surface area contributed by atoms with E-state index in [1.165, 1.54) is 5.56 Å². The second kappa shape index (κ2) is 5.71. The first kappa shape index (κ1) is 12.7. The van der Waals surface area contributed by atoms with Gasteiger partial charge in [0.05, 0.1) is 0 Å². The van der Waals surface area contributed by atoms with Crippen LogP contribution >= 0.6 is 0 Å². The van der Waals surface area contributed by atoms with Crippen molar-refractivity contribution in [3.05, 3.63) is 59.7 Å². The molecule has 0 aliphatic heterocycles. The van der Waals surface area contributed by atoms with Gasteiger partial charge >= 0.3 is 7.12 Å². The Hall–Kier alpha value is -1.78. The molecule has 18 heavy (non-hydrogen) atoms. The van der Waals surface area contributed by atoms with Gasteiger partial charge in [-0.25, -0.2) is 0 Å². The highest BCUT2D eigenvalue weighted by molar-refractivity contribution is 6.59. The van der Waals surface area contributed by atoms with E-state index in [-0.39, 0.29) is 11.2 Å². The largest absolute Gasteiger partial charge is 0.508 e. The molecule has 0 aromatic heterocycles. The van der Waals surface area contributed by atoms with Gasteiger partial charge in [-0.05, 0) is 30.0 Å². The van der Waals surface area contributed by atoms with E-state index in [1.54, 1.807) is 18.2 Å². The maximum Gasteiger partial charge on any atom is 0.492 e. The molecule has 0 fully saturated rings. The number of aromatic hydroxyl groups is 1. The first-order chi connectivity index (χ1) is 8.66. The van der Waals surface area contributed by atoms with Crippen LogP contribution in [0.4, 0.5) is 0 Å². The Morgan fingerprint density at radius 3 is 2.11 bits per heavy atom. The second-order valence-corrected chi connectivity index (χ2v) is 4.25. The Morgan fingerprint density at radius 2 is 1.50 bits per heavy atom. The third kappa shape index (κ3) is 3.12. The molecule has 4 heteroatoms. The Labute approximate surface area is 106 Å². The van der Waals surface area contributed by atoms with Crippen LogP contribution in [-0.4, -0.2) is 22.3 Å². The first-order valence-electron chi connectivity index (χ1n) is 5.88. The molecule has 0 radical (unpaired) electrons. The molecule has 92 valence electrons. The predicted molar refractivity (Wildman–Crippen MR) is 71.8 cm³/mol. The van der Waals surface area contributed by atoms with E-state index < -0.39 is 7.12 Å². The van der Waals surface area contributed by atoms with Gasteiger partial charge in [-0.3, -0.25) is 0 Å². The predicted octanol–water partition coefficient (Wildman–Crippen LogP) is 0.857. The van der Waals surface area contributed by atoms with Gasteiger partial charge in [0.25, 0.3) is 0 Å². The summed E-state index contributed by atoms with van der Waals surface area (Å²) in [4.78, 5) is 0. The van der Waals surface area contributed by atoms with E-state index in [0.717, 1.165) is 18.4 Å². The fourth-order valence-corrected chi connectivity index (χ4v) is 1.90. The highest BCUT2D eigenvalue weighted by Gasteiger charge is 2.15. The van der Waals surface area contributed by atoms with E-state index in [2.05, 4.69) is 12.1 Å². The van der Waals surface area contributed by atoms with Gasteiger partial charge in [0.15, 0.2) is 0 Å². The maximum atomic E-state index is 9.64. The number of aryl methyl sites for hydroxylation is 2. The van der Waals surface area contributed by atoms with Crippen molar-refractivity contribution in [3.8, 4) is 5.75 Å². The molecule has 0 atom stereocenters. The van der Waals surface area contributed by atoms with Crippen molar-refractivity contribution < 1.29 is 15.2 Å². The zero-order chi connectivity index (χ0) is 13.0. The van der Waals surface area contributed by atoms with Gasteiger partial charge in [0.1, 0.15) is 5.75 Å². The summed E-state index contributed by atoms with van der Waals surface area (Å²) in [6, 6.07) is 15.0. The lowest BCUT2D eigenvalue weighted by atomic mass is 9.79. The molecule has 0 saturated carbocycles. The number of rotatable bonds is 4. The lowest BCUT2D eigenvalue weighted by molar-refractivity contribution is 0.419. The number of phenolic OH excluding ortho intramolecular Hbond substituents is 1. The number of phenols is 1. The Bertz CT molecular complexity index is 512. The summed E-state index contributed by atoms with van der Waals surface area (Å²) in [6.45, 7) is 0. The summed E-state index contributed by atoms with van der Waals surface area (Å²) >= 11 is 0. The van der Waals surface area contributed by atoms with Gasteiger partial charge < -0.3 is 15.2 Å². The van der Waals surface area contributed by atoms with Crippen LogP contribution in [0.15, 0.2) is 48.5 Å². The van der Waals surface area contributed by atoms with Crippen LogP contribution in [0.3, 0.4) is 0 Å². The van der Waals surface area contributed by atoms with E-state index in [1.807, 2.05) is 18.2 Å². The summed E-state index contributed by atoms with van der Waals surface area (Å²) in [5.41, 5.74) is 2.35. The molecule has 0 spiro atoms. The minimum absolute atomic E-state index is 0.0736. The fourth-order valence-electron chi connectivity index (χ4n) is 1.90. The van der Waals surface area contributed by atoms with Crippen molar-refractivity contribution in [2.75, 3.05) is 0 Å². The Balaban J connectivity index is 2.05. The molecular formula is C14H15BO3. The molecule has 2 aromatic carbocycles. The van der Waals surface area contributed by atoms with Gasteiger partial charge in [-0.2, -0.15) is 0 Å². The highest BCUT2D eigenvalue weighted by Crippen LogP contribution is 2.12. The van der Waals surface area contributed by atoms with Crippen LogP contribution in [0, 0.1) is 0 Å². The Morgan fingerprint density at radius 1 is 0.833 bits per heavy atom. The molecule has 0 amide bonds. The van der Waals surface area contributed by atoms with Crippen molar-refractivity contribution >= 4 is 12.6 Å². The summed E-state index contributed by atoms with van der Waals surface area (Å²) in [7, 11) is -1.63. The van der Waals surface area contributed by atoms with Crippen molar-refractivity contribution in [3.63, 3.8) is 0 Å². The van der Waals surface area contributed by atoms with Gasteiger partial charge in [0.2, 0.25) is 0 Å². The zero-order valence-corrected chi connectivity index (χ0v) is 9.95. The van der Waals surface area contributed by atoms with Gasteiger partial charge in [0, 0.05) is 5.46 Å². The summed E-state index contributed by atoms with van der Waals surface area (Å²) < 4.78 is 0. The SMILES string of the molecule is OB(O)c1ccc(CCc2ccccc2)cc1O. The molecule has 2 aromatic rings. The molecule has 0 aliphatic rings. The lowest BCUT2D eigenvalue weighted by Gasteiger charge is -2.06. The van der Waals surface area contributed by atoms with E-state index in [9.17, 15) is 5.11 Å². The topological polar surface area (TPSA) is 60.7 Å². The minimum Gasteiger partial charge on any atom is -0.508 e. The lowest BCUT2D eigenvalue weighted by Crippen LogP contribution is -2.29. The standard InChI is InChI=1S/C14H15BO3/c16-14-10-12(8-9-13(14)15(17)18)7-6-11-4-2-1-3-5-11/h1-5,8-10,16-18H,6-7H2. The number of hydrogen-bond acceptors (Lipinski definition) is 3. The van der Waals surface area contributed by atoms with E-state index >= 15 is 0 Å². The fraction of sp³-hybridized carbons (Fsp3) is 0.143. The van der Waals surface area contributed by atoms with Crippen LogP contribution in [0.2, 0.25) is 0 Å². The third-order valence-corrected chi connectivity index (χ3v) is 2.92. The van der Waals surface area contributed by atoms with Gasteiger partial charge in [-0.1, -0.05) is 42.5 Å². The molecule has 3 N–H and O–H groups in total. The van der Waals surface area contributed by atoms with Crippen LogP contribution in [0.25, 0.3) is 0 Å². The molecule has 0 unspecified atom stereocenters. The first-order valence-corrected chi connectivity index (χ1v) is 5.88. The van der Waals surface area contributed by atoms with Crippen LogP contribution < -0.4 is 5.46 Å². The van der Waals surface area contributed by atoms with Gasteiger partial charge in [-0.15, -0.1) is 0 Å². The van der Waals surface area contributed by atoms with Crippen molar-refractivity contribution in [1.82, 2.24) is 0 Å². The normalized spacial score (nSPS) is 10.3. The average molecular weight is 242 g/mol. The summed E-state index contributed by atoms with van der Waals surface area (Å²) in [5.74, 6) is -0.0736. The maximum absolute atomic E-state index is 9.64. The molecular weight excluding hydrogens is 227 g/mol. The third-order valence-electron chi connectivity index (χ3n) is 2.92. The molecule has 2 rings (SSSR count). The minimum atomic E-state index is -1.63. The van der Waals surface area contributed by atoms with Crippen molar-refractivity contribution in [2.24, 2.45) is 0 Å². The monoisotopic (exact) mass is 242 g/mol. The smallest absolute Gasteiger partial charge is 0.492 e. The van der Waals surface area contributed by atoms with E-state index in [0.29, 0.717) is 0 Å². The van der Waals surface area contributed by atoms with Crippen LogP contribution in [0.1, 0.15) is 11.1 Å². The van der Waals surface area contributed by atoms with E-state index in [4.69, 9.17) is 10.0 Å². The van der Waals surface area contributed by atoms with Crippen LogP contribution in [0.5, 0.6) is 5.75 Å². The summed E-state index contributed by atoms with van der Waals surface area (Å²) in [6.07, 6.45) is 1.70.